The average Bonchev–Trinajstić information content (AvgIpc) is 2.94. The molecule has 1 aromatic carbocycles. The van der Waals surface area contributed by atoms with E-state index in [2.05, 4.69) is 16.5 Å². The van der Waals surface area contributed by atoms with Gasteiger partial charge in [0.05, 0.1) is 4.90 Å². The van der Waals surface area contributed by atoms with Crippen molar-refractivity contribution < 1.29 is 8.42 Å². The first-order chi connectivity index (χ1) is 10.1. The van der Waals surface area contributed by atoms with Gasteiger partial charge in [-0.2, -0.15) is 0 Å². The van der Waals surface area contributed by atoms with E-state index >= 15 is 0 Å². The molecule has 2 aliphatic rings. The predicted molar refractivity (Wildman–Crippen MR) is 83.9 cm³/mol. The fourth-order valence-corrected chi connectivity index (χ4v) is 4.75. The summed E-state index contributed by atoms with van der Waals surface area (Å²) in [4.78, 5) is 2.73. The molecule has 116 valence electrons. The van der Waals surface area contributed by atoms with Gasteiger partial charge in [0.1, 0.15) is 0 Å². The Morgan fingerprint density at radius 2 is 2.05 bits per heavy atom. The molecule has 0 amide bonds. The van der Waals surface area contributed by atoms with Gasteiger partial charge in [0.2, 0.25) is 10.0 Å². The fraction of sp³-hybridized carbons (Fsp3) is 0.625. The standard InChI is InChI=1S/C16H24N2O2S/c1-2-18-10-4-7-15(12-18)17-21(19,20)16-9-8-13-5-3-6-14(13)11-16/h8-9,11,15,17H,2-7,10,12H2,1H3/t15-/m1/s1. The Kier molecular flexibility index (Phi) is 4.33. The van der Waals surface area contributed by atoms with Crippen molar-refractivity contribution in [3.63, 3.8) is 0 Å². The summed E-state index contributed by atoms with van der Waals surface area (Å²) < 4.78 is 28.0. The molecular weight excluding hydrogens is 284 g/mol. The third-order valence-electron chi connectivity index (χ3n) is 4.65. The van der Waals surface area contributed by atoms with Crippen LogP contribution in [0, 0.1) is 0 Å². The monoisotopic (exact) mass is 308 g/mol. The van der Waals surface area contributed by atoms with Gasteiger partial charge in [-0.15, -0.1) is 0 Å². The maximum atomic E-state index is 12.6. The second-order valence-electron chi connectivity index (χ2n) is 6.14. The van der Waals surface area contributed by atoms with E-state index in [9.17, 15) is 8.42 Å². The summed E-state index contributed by atoms with van der Waals surface area (Å²) in [6.07, 6.45) is 5.22. The summed E-state index contributed by atoms with van der Waals surface area (Å²) in [5.41, 5.74) is 2.51. The van der Waals surface area contributed by atoms with E-state index < -0.39 is 10.0 Å². The van der Waals surface area contributed by atoms with E-state index in [4.69, 9.17) is 0 Å². The van der Waals surface area contributed by atoms with E-state index in [1.807, 2.05) is 12.1 Å². The number of likely N-dealkylation sites (tertiary alicyclic amines) is 1. The molecule has 1 aliphatic heterocycles. The zero-order chi connectivity index (χ0) is 14.9. The van der Waals surface area contributed by atoms with Crippen molar-refractivity contribution >= 4 is 10.0 Å². The van der Waals surface area contributed by atoms with Crippen molar-refractivity contribution in [1.82, 2.24) is 9.62 Å². The summed E-state index contributed by atoms with van der Waals surface area (Å²) in [6.45, 7) is 5.00. The number of nitrogens with zero attached hydrogens (tertiary/aromatic N) is 1. The predicted octanol–water partition coefficient (Wildman–Crippen LogP) is 1.94. The third-order valence-corrected chi connectivity index (χ3v) is 6.17. The number of hydrogen-bond acceptors (Lipinski definition) is 3. The summed E-state index contributed by atoms with van der Waals surface area (Å²) >= 11 is 0. The maximum absolute atomic E-state index is 12.6. The molecule has 1 heterocycles. The molecule has 1 aromatic rings. The number of likely N-dealkylation sites (N-methyl/N-ethyl adjacent to an activating group) is 1. The molecule has 0 unspecified atom stereocenters. The highest BCUT2D eigenvalue weighted by atomic mass is 32.2. The molecule has 0 spiro atoms. The molecule has 1 atom stereocenters. The van der Waals surface area contributed by atoms with Gasteiger partial charge in [0.25, 0.3) is 0 Å². The molecule has 3 rings (SSSR count). The van der Waals surface area contributed by atoms with Crippen molar-refractivity contribution in [2.45, 2.75) is 50.0 Å². The Balaban J connectivity index is 1.74. The van der Waals surface area contributed by atoms with Gasteiger partial charge < -0.3 is 4.90 Å². The van der Waals surface area contributed by atoms with Crippen LogP contribution in [0.3, 0.4) is 0 Å². The van der Waals surface area contributed by atoms with Crippen LogP contribution < -0.4 is 4.72 Å². The van der Waals surface area contributed by atoms with Gasteiger partial charge in [-0.05, 0) is 68.5 Å². The molecule has 1 saturated heterocycles. The minimum Gasteiger partial charge on any atom is -0.302 e. The van der Waals surface area contributed by atoms with Crippen LogP contribution in [-0.4, -0.2) is 39.0 Å². The van der Waals surface area contributed by atoms with Crippen molar-refractivity contribution in [3.05, 3.63) is 29.3 Å². The molecule has 0 radical (unpaired) electrons. The second kappa shape index (κ2) is 6.07. The summed E-state index contributed by atoms with van der Waals surface area (Å²) in [5.74, 6) is 0. The molecule has 1 N–H and O–H groups in total. The number of fused-ring (bicyclic) bond motifs is 1. The molecule has 1 fully saturated rings. The minimum absolute atomic E-state index is 0.0388. The Morgan fingerprint density at radius 1 is 1.24 bits per heavy atom. The average molecular weight is 308 g/mol. The van der Waals surface area contributed by atoms with Crippen LogP contribution >= 0.6 is 0 Å². The maximum Gasteiger partial charge on any atom is 0.240 e. The Labute approximate surface area is 127 Å². The highest BCUT2D eigenvalue weighted by Crippen LogP contribution is 2.25. The van der Waals surface area contributed by atoms with Gasteiger partial charge >= 0.3 is 0 Å². The molecule has 5 heteroatoms. The van der Waals surface area contributed by atoms with E-state index in [1.54, 1.807) is 6.07 Å². The largest absolute Gasteiger partial charge is 0.302 e. The number of benzene rings is 1. The van der Waals surface area contributed by atoms with Crippen molar-refractivity contribution in [2.75, 3.05) is 19.6 Å². The quantitative estimate of drug-likeness (QED) is 0.925. The smallest absolute Gasteiger partial charge is 0.240 e. The van der Waals surface area contributed by atoms with Crippen LogP contribution in [0.1, 0.15) is 37.3 Å². The molecular formula is C16H24N2O2S. The van der Waals surface area contributed by atoms with Crippen LogP contribution in [0.2, 0.25) is 0 Å². The Hall–Kier alpha value is -0.910. The van der Waals surface area contributed by atoms with E-state index in [0.29, 0.717) is 4.90 Å². The highest BCUT2D eigenvalue weighted by molar-refractivity contribution is 7.89. The van der Waals surface area contributed by atoms with Gasteiger partial charge in [-0.3, -0.25) is 0 Å². The summed E-state index contributed by atoms with van der Waals surface area (Å²) in [5, 5.41) is 0. The number of piperidine rings is 1. The third kappa shape index (κ3) is 3.30. The molecule has 1 aliphatic carbocycles. The number of sulfonamides is 1. The second-order valence-corrected chi connectivity index (χ2v) is 7.85. The van der Waals surface area contributed by atoms with Crippen LogP contribution in [0.15, 0.2) is 23.1 Å². The molecule has 0 saturated carbocycles. The highest BCUT2D eigenvalue weighted by Gasteiger charge is 2.25. The first-order valence-corrected chi connectivity index (χ1v) is 9.43. The Bertz CT molecular complexity index is 613. The SMILES string of the molecule is CCN1CCC[C@@H](NS(=O)(=O)c2ccc3c(c2)CCC3)C1. The van der Waals surface area contributed by atoms with Gasteiger partial charge in [-0.25, -0.2) is 13.1 Å². The fourth-order valence-electron chi connectivity index (χ4n) is 3.44. The van der Waals surface area contributed by atoms with Crippen LogP contribution in [0.5, 0.6) is 0 Å². The van der Waals surface area contributed by atoms with Crippen molar-refractivity contribution in [1.29, 1.82) is 0 Å². The summed E-state index contributed by atoms with van der Waals surface area (Å²) in [6, 6.07) is 5.64. The normalized spacial score (nSPS) is 23.2. The van der Waals surface area contributed by atoms with Gasteiger partial charge in [-0.1, -0.05) is 13.0 Å². The molecule has 4 nitrogen and oxygen atoms in total. The van der Waals surface area contributed by atoms with Crippen LogP contribution in [-0.2, 0) is 22.9 Å². The van der Waals surface area contributed by atoms with Crippen molar-refractivity contribution in [3.8, 4) is 0 Å². The van der Waals surface area contributed by atoms with Gasteiger partial charge in [0, 0.05) is 12.6 Å². The zero-order valence-electron chi connectivity index (χ0n) is 12.6. The van der Waals surface area contributed by atoms with Gasteiger partial charge in [0.15, 0.2) is 0 Å². The molecule has 21 heavy (non-hydrogen) atoms. The lowest BCUT2D eigenvalue weighted by Gasteiger charge is -2.32. The van der Waals surface area contributed by atoms with E-state index in [1.165, 1.54) is 11.1 Å². The topological polar surface area (TPSA) is 49.4 Å². The van der Waals surface area contributed by atoms with Crippen LogP contribution in [0.4, 0.5) is 0 Å². The minimum atomic E-state index is -3.39. The molecule has 0 bridgehead atoms. The lowest BCUT2D eigenvalue weighted by atomic mass is 10.1. The zero-order valence-corrected chi connectivity index (χ0v) is 13.5. The van der Waals surface area contributed by atoms with Crippen LogP contribution in [0.25, 0.3) is 0 Å². The molecule has 0 aromatic heterocycles. The van der Waals surface area contributed by atoms with Crippen molar-refractivity contribution in [2.24, 2.45) is 0 Å². The first-order valence-electron chi connectivity index (χ1n) is 7.95. The number of rotatable bonds is 4. The number of nitrogens with one attached hydrogen (secondary N) is 1. The lowest BCUT2D eigenvalue weighted by molar-refractivity contribution is 0.211. The number of hydrogen-bond donors (Lipinski definition) is 1. The lowest BCUT2D eigenvalue weighted by Crippen LogP contribution is -2.47. The van der Waals surface area contributed by atoms with E-state index in [0.717, 1.165) is 51.7 Å². The summed E-state index contributed by atoms with van der Waals surface area (Å²) in [7, 11) is -3.39. The number of aryl methyl sites for hydroxylation is 2. The Morgan fingerprint density at radius 3 is 2.86 bits per heavy atom. The van der Waals surface area contributed by atoms with E-state index in [-0.39, 0.29) is 6.04 Å². The first kappa shape index (κ1) is 15.0.